The molecular weight excluding hydrogens is 514 g/mol. The molecule has 0 aliphatic heterocycles. The maximum absolute atomic E-state index is 4.85. The minimum Gasteiger partial charge on any atom is -0.255 e. The molecule has 4 aromatic carbocycles. The molecular formula is C37H25N5. The van der Waals surface area contributed by atoms with Crippen LogP contribution in [-0.4, -0.2) is 24.9 Å². The van der Waals surface area contributed by atoms with E-state index in [1.807, 2.05) is 91.1 Å². The van der Waals surface area contributed by atoms with Crippen LogP contribution in [0, 0.1) is 0 Å². The van der Waals surface area contributed by atoms with Crippen molar-refractivity contribution in [1.29, 1.82) is 0 Å². The molecule has 0 amide bonds. The molecule has 0 radical (unpaired) electrons. The summed E-state index contributed by atoms with van der Waals surface area (Å²) >= 11 is 0. The van der Waals surface area contributed by atoms with Crippen molar-refractivity contribution in [3.8, 4) is 67.8 Å². The molecule has 7 rings (SSSR count). The van der Waals surface area contributed by atoms with E-state index in [2.05, 4.69) is 64.6 Å². The number of benzene rings is 4. The summed E-state index contributed by atoms with van der Waals surface area (Å²) in [6.45, 7) is 0. The van der Waals surface area contributed by atoms with Crippen LogP contribution in [0.25, 0.3) is 67.8 Å². The highest BCUT2D eigenvalue weighted by Crippen LogP contribution is 2.32. The van der Waals surface area contributed by atoms with Crippen LogP contribution in [0.3, 0.4) is 0 Å². The van der Waals surface area contributed by atoms with Crippen LogP contribution in [0.4, 0.5) is 0 Å². The Hall–Kier alpha value is -5.81. The summed E-state index contributed by atoms with van der Waals surface area (Å²) in [6.07, 6.45) is 3.60. The third-order valence-corrected chi connectivity index (χ3v) is 7.09. The zero-order chi connectivity index (χ0) is 28.1. The molecule has 0 aliphatic carbocycles. The minimum atomic E-state index is 0.642. The summed E-state index contributed by atoms with van der Waals surface area (Å²) in [5.41, 5.74) is 8.95. The van der Waals surface area contributed by atoms with Gasteiger partial charge in [0.1, 0.15) is 0 Å². The van der Waals surface area contributed by atoms with E-state index in [1.165, 1.54) is 0 Å². The van der Waals surface area contributed by atoms with Gasteiger partial charge in [-0.2, -0.15) is 0 Å². The van der Waals surface area contributed by atoms with Gasteiger partial charge in [0.15, 0.2) is 17.5 Å². The van der Waals surface area contributed by atoms with Gasteiger partial charge in [0, 0.05) is 34.6 Å². The molecule has 5 nitrogen and oxygen atoms in total. The molecule has 3 heterocycles. The minimum absolute atomic E-state index is 0.642. The lowest BCUT2D eigenvalue weighted by Gasteiger charge is -2.10. The molecule has 198 valence electrons. The predicted octanol–water partition coefficient (Wildman–Crippen LogP) is 8.66. The van der Waals surface area contributed by atoms with Crippen molar-refractivity contribution in [2.24, 2.45) is 0 Å². The Morgan fingerprint density at radius 1 is 0.310 bits per heavy atom. The van der Waals surface area contributed by atoms with Gasteiger partial charge in [-0.25, -0.2) is 15.0 Å². The lowest BCUT2D eigenvalue weighted by atomic mass is 9.98. The maximum Gasteiger partial charge on any atom is 0.164 e. The van der Waals surface area contributed by atoms with Crippen LogP contribution in [0.1, 0.15) is 0 Å². The van der Waals surface area contributed by atoms with Crippen molar-refractivity contribution >= 4 is 0 Å². The van der Waals surface area contributed by atoms with Gasteiger partial charge < -0.3 is 0 Å². The summed E-state index contributed by atoms with van der Waals surface area (Å²) in [5.74, 6) is 1.95. The molecule has 0 aliphatic rings. The second-order valence-corrected chi connectivity index (χ2v) is 9.81. The fourth-order valence-corrected chi connectivity index (χ4v) is 4.94. The van der Waals surface area contributed by atoms with Gasteiger partial charge in [-0.3, -0.25) is 9.97 Å². The zero-order valence-corrected chi connectivity index (χ0v) is 22.7. The molecule has 0 bridgehead atoms. The van der Waals surface area contributed by atoms with E-state index in [9.17, 15) is 0 Å². The van der Waals surface area contributed by atoms with Crippen molar-refractivity contribution in [2.45, 2.75) is 0 Å². The first kappa shape index (κ1) is 25.2. The van der Waals surface area contributed by atoms with Crippen LogP contribution >= 0.6 is 0 Å². The van der Waals surface area contributed by atoms with Crippen molar-refractivity contribution in [3.63, 3.8) is 0 Å². The van der Waals surface area contributed by atoms with Crippen LogP contribution in [0.2, 0.25) is 0 Å². The lowest BCUT2D eigenvalue weighted by molar-refractivity contribution is 1.07. The van der Waals surface area contributed by atoms with Crippen LogP contribution in [0.5, 0.6) is 0 Å². The number of pyridine rings is 2. The van der Waals surface area contributed by atoms with E-state index in [0.29, 0.717) is 17.5 Å². The van der Waals surface area contributed by atoms with Gasteiger partial charge in [-0.15, -0.1) is 0 Å². The first-order chi connectivity index (χ1) is 20.8. The first-order valence-corrected chi connectivity index (χ1v) is 13.8. The zero-order valence-electron chi connectivity index (χ0n) is 22.7. The highest BCUT2D eigenvalue weighted by Gasteiger charge is 2.13. The third-order valence-electron chi connectivity index (χ3n) is 7.09. The number of aromatic nitrogens is 5. The Morgan fingerprint density at radius 2 is 0.762 bits per heavy atom. The standard InChI is InChI=1S/C37H25N5/c1-3-10-29(11-4-1)35-40-36(30-12-5-2-6-13-30)42-37(41-35)31-22-18-27(19-23-31)26-16-20-28(21-17-26)32-14-9-25-39-34(32)33-15-7-8-24-38-33/h1-25H. The SMILES string of the molecule is c1ccc(-c2nc(-c3ccccc3)nc(-c3ccc(-c4ccc(-c5cccnc5-c5ccccn5)cc4)cc3)n2)cc1. The van der Waals surface area contributed by atoms with Crippen molar-refractivity contribution in [2.75, 3.05) is 0 Å². The number of hydrogen-bond donors (Lipinski definition) is 0. The van der Waals surface area contributed by atoms with Crippen molar-refractivity contribution in [3.05, 3.63) is 152 Å². The fraction of sp³-hybridized carbons (Fsp3) is 0. The molecule has 5 heteroatoms. The second-order valence-electron chi connectivity index (χ2n) is 9.81. The normalized spacial score (nSPS) is 10.9. The molecule has 0 atom stereocenters. The average Bonchev–Trinajstić information content (AvgIpc) is 3.09. The number of rotatable bonds is 6. The summed E-state index contributed by atoms with van der Waals surface area (Å²) < 4.78 is 0. The Balaban J connectivity index is 1.20. The van der Waals surface area contributed by atoms with Gasteiger partial charge in [-0.1, -0.05) is 121 Å². The molecule has 0 saturated carbocycles. The van der Waals surface area contributed by atoms with Crippen molar-refractivity contribution in [1.82, 2.24) is 24.9 Å². The van der Waals surface area contributed by atoms with Gasteiger partial charge in [0.05, 0.1) is 11.4 Å². The molecule has 3 aromatic heterocycles. The average molecular weight is 540 g/mol. The molecule has 0 saturated heterocycles. The topological polar surface area (TPSA) is 64.5 Å². The van der Waals surface area contributed by atoms with E-state index in [1.54, 1.807) is 6.20 Å². The predicted molar refractivity (Wildman–Crippen MR) is 168 cm³/mol. The quantitative estimate of drug-likeness (QED) is 0.212. The molecule has 0 unspecified atom stereocenters. The molecule has 0 fully saturated rings. The Labute approximate surface area is 244 Å². The summed E-state index contributed by atoms with van der Waals surface area (Å²) in [5, 5.41) is 0. The molecule has 0 spiro atoms. The first-order valence-electron chi connectivity index (χ1n) is 13.8. The smallest absolute Gasteiger partial charge is 0.164 e. The molecule has 42 heavy (non-hydrogen) atoms. The second kappa shape index (κ2) is 11.4. The monoisotopic (exact) mass is 539 g/mol. The van der Waals surface area contributed by atoms with E-state index in [4.69, 9.17) is 15.0 Å². The van der Waals surface area contributed by atoms with E-state index >= 15 is 0 Å². The summed E-state index contributed by atoms with van der Waals surface area (Å²) in [7, 11) is 0. The Morgan fingerprint density at radius 3 is 1.29 bits per heavy atom. The number of hydrogen-bond acceptors (Lipinski definition) is 5. The fourth-order valence-electron chi connectivity index (χ4n) is 4.94. The van der Waals surface area contributed by atoms with Crippen LogP contribution < -0.4 is 0 Å². The maximum atomic E-state index is 4.85. The van der Waals surface area contributed by atoms with Crippen LogP contribution in [-0.2, 0) is 0 Å². The highest BCUT2D eigenvalue weighted by molar-refractivity contribution is 5.80. The molecule has 7 aromatic rings. The van der Waals surface area contributed by atoms with Crippen LogP contribution in [0.15, 0.2) is 152 Å². The summed E-state index contributed by atoms with van der Waals surface area (Å²) in [4.78, 5) is 23.6. The van der Waals surface area contributed by atoms with Gasteiger partial charge in [0.25, 0.3) is 0 Å². The summed E-state index contributed by atoms with van der Waals surface area (Å²) in [6, 6.07) is 46.9. The third kappa shape index (κ3) is 5.19. The van der Waals surface area contributed by atoms with Crippen molar-refractivity contribution < 1.29 is 0 Å². The van der Waals surface area contributed by atoms with E-state index in [-0.39, 0.29) is 0 Å². The van der Waals surface area contributed by atoms with Gasteiger partial charge >= 0.3 is 0 Å². The van der Waals surface area contributed by atoms with Gasteiger partial charge in [-0.05, 0) is 34.9 Å². The molecule has 0 N–H and O–H groups in total. The van der Waals surface area contributed by atoms with E-state index < -0.39 is 0 Å². The Bertz CT molecular complexity index is 1880. The number of nitrogens with zero attached hydrogens (tertiary/aromatic N) is 5. The highest BCUT2D eigenvalue weighted by atomic mass is 15.0. The van der Waals surface area contributed by atoms with Gasteiger partial charge in [0.2, 0.25) is 0 Å². The lowest BCUT2D eigenvalue weighted by Crippen LogP contribution is -2.00. The van der Waals surface area contributed by atoms with E-state index in [0.717, 1.165) is 50.3 Å². The largest absolute Gasteiger partial charge is 0.255 e. The Kier molecular flexibility index (Phi) is 6.81.